The molecule has 1 saturated carbocycles. The Balaban J connectivity index is 1.51. The lowest BCUT2D eigenvalue weighted by Crippen LogP contribution is -2.36. The minimum absolute atomic E-state index is 0.0293. The van der Waals surface area contributed by atoms with Gasteiger partial charge in [0.1, 0.15) is 17.3 Å². The smallest absolute Gasteiger partial charge is 0.226 e. The maximum absolute atomic E-state index is 13.2. The number of halogens is 1. The van der Waals surface area contributed by atoms with Gasteiger partial charge in [0.15, 0.2) is 0 Å². The molecule has 2 aliphatic rings. The van der Waals surface area contributed by atoms with Crippen molar-refractivity contribution in [2.75, 3.05) is 6.54 Å². The predicted octanol–water partition coefficient (Wildman–Crippen LogP) is 5.23. The van der Waals surface area contributed by atoms with Crippen molar-refractivity contribution in [3.8, 4) is 0 Å². The predicted molar refractivity (Wildman–Crippen MR) is 98.3 cm³/mol. The number of hydrogen-bond acceptors (Lipinski definition) is 2. The molecule has 4 heteroatoms. The highest BCUT2D eigenvalue weighted by molar-refractivity contribution is 5.83. The number of rotatable bonds is 4. The van der Waals surface area contributed by atoms with Crippen LogP contribution >= 0.6 is 0 Å². The van der Waals surface area contributed by atoms with E-state index in [4.69, 9.17) is 4.42 Å². The number of nitrogens with zero attached hydrogens (tertiary/aromatic N) is 1. The summed E-state index contributed by atoms with van der Waals surface area (Å²) in [6, 6.07) is 10.7. The molecule has 3 nitrogen and oxygen atoms in total. The SMILES string of the molecule is CCc1ccc(C2CCCCCN2C(=O)C2CC2c2ccc(F)cc2)o1. The number of carbonyl (C=O) groups is 1. The Kier molecular flexibility index (Phi) is 4.84. The first-order valence-corrected chi connectivity index (χ1v) is 9.82. The normalized spacial score (nSPS) is 25.8. The van der Waals surface area contributed by atoms with Gasteiger partial charge < -0.3 is 9.32 Å². The number of hydrogen-bond donors (Lipinski definition) is 0. The zero-order valence-corrected chi connectivity index (χ0v) is 15.3. The van der Waals surface area contributed by atoms with Gasteiger partial charge in [0.25, 0.3) is 0 Å². The summed E-state index contributed by atoms with van der Waals surface area (Å²) in [6.45, 7) is 2.88. The second-order valence-electron chi connectivity index (χ2n) is 7.55. The van der Waals surface area contributed by atoms with Gasteiger partial charge >= 0.3 is 0 Å². The zero-order valence-electron chi connectivity index (χ0n) is 15.3. The topological polar surface area (TPSA) is 33.5 Å². The van der Waals surface area contributed by atoms with Crippen LogP contribution < -0.4 is 0 Å². The molecule has 26 heavy (non-hydrogen) atoms. The first kappa shape index (κ1) is 17.3. The van der Waals surface area contributed by atoms with E-state index in [1.54, 1.807) is 0 Å². The summed E-state index contributed by atoms with van der Waals surface area (Å²) in [6.07, 6.45) is 6.05. The highest BCUT2D eigenvalue weighted by Crippen LogP contribution is 2.49. The van der Waals surface area contributed by atoms with E-state index in [-0.39, 0.29) is 29.6 Å². The summed E-state index contributed by atoms with van der Waals surface area (Å²) < 4.78 is 19.1. The molecule has 0 bridgehead atoms. The third-order valence-electron chi connectivity index (χ3n) is 5.80. The fourth-order valence-electron chi connectivity index (χ4n) is 4.19. The van der Waals surface area contributed by atoms with Crippen molar-refractivity contribution in [1.29, 1.82) is 0 Å². The number of carbonyl (C=O) groups excluding carboxylic acids is 1. The molecule has 4 rings (SSSR count). The van der Waals surface area contributed by atoms with E-state index >= 15 is 0 Å². The Labute approximate surface area is 154 Å². The Hall–Kier alpha value is -2.10. The molecule has 0 spiro atoms. The standard InChI is InChI=1S/C22H26FNO2/c1-2-17-11-12-21(26-17)20-6-4-3-5-13-24(20)22(25)19-14-18(19)15-7-9-16(23)10-8-15/h7-12,18-20H,2-6,13-14H2,1H3. The van der Waals surface area contributed by atoms with Crippen LogP contribution in [0, 0.1) is 11.7 Å². The largest absolute Gasteiger partial charge is 0.464 e. The molecule has 1 aliphatic carbocycles. The van der Waals surface area contributed by atoms with Gasteiger partial charge in [-0.3, -0.25) is 4.79 Å². The molecule has 1 saturated heterocycles. The van der Waals surface area contributed by atoms with Gasteiger partial charge in [0, 0.05) is 18.9 Å². The van der Waals surface area contributed by atoms with E-state index in [1.807, 2.05) is 24.3 Å². The molecule has 1 aromatic carbocycles. The molecule has 138 valence electrons. The molecule has 2 aromatic rings. The molecular formula is C22H26FNO2. The number of amides is 1. The van der Waals surface area contributed by atoms with Gasteiger partial charge in [0.05, 0.1) is 6.04 Å². The van der Waals surface area contributed by atoms with Crippen LogP contribution in [0.25, 0.3) is 0 Å². The quantitative estimate of drug-likeness (QED) is 0.752. The van der Waals surface area contributed by atoms with Gasteiger partial charge in [-0.25, -0.2) is 4.39 Å². The summed E-state index contributed by atoms with van der Waals surface area (Å²) in [4.78, 5) is 15.3. The van der Waals surface area contributed by atoms with E-state index in [0.29, 0.717) is 0 Å². The molecular weight excluding hydrogens is 329 g/mol. The van der Waals surface area contributed by atoms with Crippen molar-refractivity contribution in [1.82, 2.24) is 4.90 Å². The summed E-state index contributed by atoms with van der Waals surface area (Å²) in [5.41, 5.74) is 1.07. The number of likely N-dealkylation sites (tertiary alicyclic amines) is 1. The van der Waals surface area contributed by atoms with E-state index in [2.05, 4.69) is 11.8 Å². The Morgan fingerprint density at radius 1 is 1.15 bits per heavy atom. The van der Waals surface area contributed by atoms with E-state index in [9.17, 15) is 9.18 Å². The number of aryl methyl sites for hydroxylation is 1. The summed E-state index contributed by atoms with van der Waals surface area (Å²) in [5.74, 6) is 2.18. The lowest BCUT2D eigenvalue weighted by Gasteiger charge is -2.29. The fourth-order valence-corrected chi connectivity index (χ4v) is 4.19. The van der Waals surface area contributed by atoms with E-state index in [1.165, 1.54) is 12.1 Å². The van der Waals surface area contributed by atoms with Crippen LogP contribution in [0.3, 0.4) is 0 Å². The molecule has 0 N–H and O–H groups in total. The third kappa shape index (κ3) is 3.42. The van der Waals surface area contributed by atoms with E-state index in [0.717, 1.165) is 62.2 Å². The van der Waals surface area contributed by atoms with Crippen molar-refractivity contribution in [2.24, 2.45) is 5.92 Å². The van der Waals surface area contributed by atoms with Crippen LogP contribution in [0.4, 0.5) is 4.39 Å². The van der Waals surface area contributed by atoms with Gasteiger partial charge in [-0.05, 0) is 55.0 Å². The maximum Gasteiger partial charge on any atom is 0.226 e. The summed E-state index contributed by atoms with van der Waals surface area (Å²) in [5, 5.41) is 0. The number of furan rings is 1. The van der Waals surface area contributed by atoms with E-state index < -0.39 is 0 Å². The minimum atomic E-state index is -0.227. The number of benzene rings is 1. The molecule has 1 amide bonds. The van der Waals surface area contributed by atoms with Crippen molar-refractivity contribution in [2.45, 2.75) is 57.4 Å². The first-order valence-electron chi connectivity index (χ1n) is 9.82. The average molecular weight is 355 g/mol. The van der Waals surface area contributed by atoms with Crippen LogP contribution in [0.15, 0.2) is 40.8 Å². The van der Waals surface area contributed by atoms with Crippen LogP contribution in [-0.2, 0) is 11.2 Å². The molecule has 2 fully saturated rings. The lowest BCUT2D eigenvalue weighted by molar-refractivity contribution is -0.135. The van der Waals surface area contributed by atoms with Gasteiger partial charge in [-0.2, -0.15) is 0 Å². The molecule has 2 heterocycles. The minimum Gasteiger partial charge on any atom is -0.464 e. The van der Waals surface area contributed by atoms with Crippen molar-refractivity contribution in [3.63, 3.8) is 0 Å². The Morgan fingerprint density at radius 2 is 1.96 bits per heavy atom. The van der Waals surface area contributed by atoms with Crippen LogP contribution in [0.1, 0.15) is 68.1 Å². The zero-order chi connectivity index (χ0) is 18.1. The Bertz CT molecular complexity index is 767. The third-order valence-corrected chi connectivity index (χ3v) is 5.80. The van der Waals surface area contributed by atoms with Gasteiger partial charge in [-0.1, -0.05) is 31.9 Å². The molecule has 3 atom stereocenters. The molecule has 1 aliphatic heterocycles. The molecule has 3 unspecified atom stereocenters. The fraction of sp³-hybridized carbons (Fsp3) is 0.500. The highest BCUT2D eigenvalue weighted by atomic mass is 19.1. The lowest BCUT2D eigenvalue weighted by atomic mass is 10.1. The van der Waals surface area contributed by atoms with Crippen molar-refractivity contribution < 1.29 is 13.6 Å². The van der Waals surface area contributed by atoms with Crippen molar-refractivity contribution >= 4 is 5.91 Å². The highest BCUT2D eigenvalue weighted by Gasteiger charge is 2.47. The molecule has 0 radical (unpaired) electrons. The Morgan fingerprint density at radius 3 is 2.69 bits per heavy atom. The van der Waals surface area contributed by atoms with Crippen LogP contribution in [0.5, 0.6) is 0 Å². The summed E-state index contributed by atoms with van der Waals surface area (Å²) >= 11 is 0. The van der Waals surface area contributed by atoms with Crippen LogP contribution in [-0.4, -0.2) is 17.4 Å². The maximum atomic E-state index is 13.2. The van der Waals surface area contributed by atoms with Gasteiger partial charge in [-0.15, -0.1) is 0 Å². The molecule has 1 aromatic heterocycles. The second-order valence-corrected chi connectivity index (χ2v) is 7.55. The average Bonchev–Trinajstić information content (AvgIpc) is 3.38. The summed E-state index contributed by atoms with van der Waals surface area (Å²) in [7, 11) is 0. The monoisotopic (exact) mass is 355 g/mol. The first-order chi connectivity index (χ1) is 12.7. The van der Waals surface area contributed by atoms with Crippen molar-refractivity contribution in [3.05, 3.63) is 59.3 Å². The van der Waals surface area contributed by atoms with Crippen LogP contribution in [0.2, 0.25) is 0 Å². The van der Waals surface area contributed by atoms with Gasteiger partial charge in [0.2, 0.25) is 5.91 Å². The second kappa shape index (κ2) is 7.26.